The lowest BCUT2D eigenvalue weighted by Gasteiger charge is -2.03. The van der Waals surface area contributed by atoms with Gasteiger partial charge in [0.1, 0.15) is 0 Å². The van der Waals surface area contributed by atoms with Crippen molar-refractivity contribution in [1.29, 1.82) is 0 Å². The van der Waals surface area contributed by atoms with Gasteiger partial charge in [0.25, 0.3) is 0 Å². The molecule has 1 aromatic heterocycles. The second-order valence-corrected chi connectivity index (χ2v) is 4.17. The van der Waals surface area contributed by atoms with Gasteiger partial charge in [-0.2, -0.15) is 0 Å². The molecule has 0 fully saturated rings. The van der Waals surface area contributed by atoms with Crippen LogP contribution in [0.15, 0.2) is 18.5 Å². The lowest BCUT2D eigenvalue weighted by atomic mass is 10.2. The van der Waals surface area contributed by atoms with Crippen LogP contribution >= 0.6 is 22.6 Å². The van der Waals surface area contributed by atoms with Crippen molar-refractivity contribution in [2.45, 2.75) is 19.9 Å². The zero-order valence-electron chi connectivity index (χ0n) is 7.89. The van der Waals surface area contributed by atoms with E-state index in [9.17, 15) is 0 Å². The third-order valence-corrected chi connectivity index (χ3v) is 2.51. The van der Waals surface area contributed by atoms with E-state index < -0.39 is 0 Å². The fourth-order valence-electron chi connectivity index (χ4n) is 1.14. The molecule has 2 nitrogen and oxygen atoms in total. The molecular formula is C10H15IN2. The Morgan fingerprint density at radius 2 is 2.31 bits per heavy atom. The van der Waals surface area contributed by atoms with Gasteiger partial charge in [0.05, 0.1) is 0 Å². The molecule has 0 atom stereocenters. The Hall–Kier alpha value is -0.160. The highest BCUT2D eigenvalue weighted by Gasteiger charge is 1.92. The summed E-state index contributed by atoms with van der Waals surface area (Å²) < 4.78 is 1.22. The lowest BCUT2D eigenvalue weighted by Crippen LogP contribution is -2.15. The second-order valence-electron chi connectivity index (χ2n) is 3.09. The van der Waals surface area contributed by atoms with Crippen molar-refractivity contribution in [3.63, 3.8) is 0 Å². The Kier molecular flexibility index (Phi) is 5.31. The zero-order chi connectivity index (χ0) is 9.52. The summed E-state index contributed by atoms with van der Waals surface area (Å²) in [5, 5.41) is 3.39. The molecule has 1 rings (SSSR count). The highest BCUT2D eigenvalue weighted by atomic mass is 127. The molecule has 1 heterocycles. The molecule has 0 aromatic carbocycles. The molecule has 1 aromatic rings. The van der Waals surface area contributed by atoms with Crippen LogP contribution in [0.25, 0.3) is 0 Å². The van der Waals surface area contributed by atoms with Crippen LogP contribution in [0.4, 0.5) is 0 Å². The average Bonchev–Trinajstić information content (AvgIpc) is 2.13. The molecular weight excluding hydrogens is 275 g/mol. The minimum absolute atomic E-state index is 0.936. The maximum absolute atomic E-state index is 4.14. The summed E-state index contributed by atoms with van der Waals surface area (Å²) in [5.41, 5.74) is 2.50. The van der Waals surface area contributed by atoms with E-state index in [4.69, 9.17) is 0 Å². The normalized spacial score (nSPS) is 10.3. The number of rotatable bonds is 5. The third kappa shape index (κ3) is 4.57. The molecule has 0 aliphatic heterocycles. The highest BCUT2D eigenvalue weighted by Crippen LogP contribution is 2.00. The van der Waals surface area contributed by atoms with Gasteiger partial charge in [0.2, 0.25) is 0 Å². The third-order valence-electron chi connectivity index (χ3n) is 1.75. The molecule has 13 heavy (non-hydrogen) atoms. The first-order valence-electron chi connectivity index (χ1n) is 4.50. The van der Waals surface area contributed by atoms with Crippen LogP contribution in [0.5, 0.6) is 0 Å². The van der Waals surface area contributed by atoms with E-state index in [0.717, 1.165) is 13.1 Å². The SMILES string of the molecule is Cc1cncc(CNCCCI)c1. The van der Waals surface area contributed by atoms with Gasteiger partial charge in [-0.15, -0.1) is 0 Å². The Bertz CT molecular complexity index is 250. The monoisotopic (exact) mass is 290 g/mol. The molecule has 72 valence electrons. The molecule has 3 heteroatoms. The Morgan fingerprint density at radius 1 is 1.46 bits per heavy atom. The van der Waals surface area contributed by atoms with Crippen molar-refractivity contribution in [2.24, 2.45) is 0 Å². The summed E-state index contributed by atoms with van der Waals surface area (Å²) in [6.45, 7) is 4.10. The van der Waals surface area contributed by atoms with Crippen molar-refractivity contribution in [3.05, 3.63) is 29.6 Å². The van der Waals surface area contributed by atoms with E-state index >= 15 is 0 Å². The van der Waals surface area contributed by atoms with E-state index in [1.807, 2.05) is 12.4 Å². The molecule has 0 amide bonds. The fourth-order valence-corrected chi connectivity index (χ4v) is 1.52. The second kappa shape index (κ2) is 6.32. The Labute approximate surface area is 93.3 Å². The van der Waals surface area contributed by atoms with Gasteiger partial charge < -0.3 is 5.32 Å². The van der Waals surface area contributed by atoms with Crippen molar-refractivity contribution in [2.75, 3.05) is 11.0 Å². The molecule has 0 bridgehead atoms. The predicted molar refractivity (Wildman–Crippen MR) is 64.2 cm³/mol. The number of hydrogen-bond donors (Lipinski definition) is 1. The van der Waals surface area contributed by atoms with Crippen molar-refractivity contribution in [1.82, 2.24) is 10.3 Å². The number of pyridine rings is 1. The summed E-state index contributed by atoms with van der Waals surface area (Å²) in [7, 11) is 0. The van der Waals surface area contributed by atoms with Crippen LogP contribution in [-0.2, 0) is 6.54 Å². The minimum Gasteiger partial charge on any atom is -0.313 e. The van der Waals surface area contributed by atoms with E-state index in [2.05, 4.69) is 45.9 Å². The van der Waals surface area contributed by atoms with Gasteiger partial charge >= 0.3 is 0 Å². The van der Waals surface area contributed by atoms with Gasteiger partial charge in [-0.05, 0) is 31.0 Å². The first-order chi connectivity index (χ1) is 6.33. The zero-order valence-corrected chi connectivity index (χ0v) is 10.0. The number of halogens is 1. The first kappa shape index (κ1) is 10.9. The van der Waals surface area contributed by atoms with Gasteiger partial charge in [0, 0.05) is 23.4 Å². The first-order valence-corrected chi connectivity index (χ1v) is 6.02. The summed E-state index contributed by atoms with van der Waals surface area (Å²) >= 11 is 2.39. The van der Waals surface area contributed by atoms with Crippen LogP contribution in [0.2, 0.25) is 0 Å². The summed E-state index contributed by atoms with van der Waals surface area (Å²) in [6, 6.07) is 2.17. The standard InChI is InChI=1S/C10H15IN2/c1-9-5-10(8-13-6-9)7-12-4-2-3-11/h5-6,8,12H,2-4,7H2,1H3. The molecule has 0 aliphatic carbocycles. The average molecular weight is 290 g/mol. The Morgan fingerprint density at radius 3 is 3.00 bits per heavy atom. The number of aromatic nitrogens is 1. The van der Waals surface area contributed by atoms with Crippen LogP contribution in [0.3, 0.4) is 0 Å². The molecule has 0 unspecified atom stereocenters. The molecule has 0 aliphatic rings. The number of hydrogen-bond acceptors (Lipinski definition) is 2. The lowest BCUT2D eigenvalue weighted by molar-refractivity contribution is 0.679. The molecule has 0 saturated carbocycles. The predicted octanol–water partition coefficient (Wildman–Crippen LogP) is 2.30. The van der Waals surface area contributed by atoms with Gasteiger partial charge in [-0.3, -0.25) is 4.98 Å². The highest BCUT2D eigenvalue weighted by molar-refractivity contribution is 14.1. The quantitative estimate of drug-likeness (QED) is 0.511. The maximum atomic E-state index is 4.14. The molecule has 1 N–H and O–H groups in total. The number of alkyl halides is 1. The summed E-state index contributed by atoms with van der Waals surface area (Å²) in [6.07, 6.45) is 5.04. The molecule has 0 spiro atoms. The largest absolute Gasteiger partial charge is 0.313 e. The van der Waals surface area contributed by atoms with Crippen LogP contribution in [-0.4, -0.2) is 16.0 Å². The maximum Gasteiger partial charge on any atom is 0.0313 e. The minimum atomic E-state index is 0.936. The van der Waals surface area contributed by atoms with E-state index in [0.29, 0.717) is 0 Å². The fraction of sp³-hybridized carbons (Fsp3) is 0.500. The number of nitrogens with one attached hydrogen (secondary N) is 1. The number of nitrogens with zero attached hydrogens (tertiary/aromatic N) is 1. The van der Waals surface area contributed by atoms with Crippen LogP contribution < -0.4 is 5.32 Å². The summed E-state index contributed by atoms with van der Waals surface area (Å²) in [4.78, 5) is 4.14. The van der Waals surface area contributed by atoms with Crippen molar-refractivity contribution >= 4 is 22.6 Å². The van der Waals surface area contributed by atoms with Crippen molar-refractivity contribution in [3.8, 4) is 0 Å². The van der Waals surface area contributed by atoms with E-state index in [1.54, 1.807) is 0 Å². The van der Waals surface area contributed by atoms with E-state index in [-0.39, 0.29) is 0 Å². The molecule has 0 radical (unpaired) electrons. The molecule has 0 saturated heterocycles. The van der Waals surface area contributed by atoms with Gasteiger partial charge in [0.15, 0.2) is 0 Å². The van der Waals surface area contributed by atoms with Gasteiger partial charge in [-0.1, -0.05) is 28.7 Å². The van der Waals surface area contributed by atoms with Crippen LogP contribution in [0.1, 0.15) is 17.5 Å². The van der Waals surface area contributed by atoms with Gasteiger partial charge in [-0.25, -0.2) is 0 Å². The Balaban J connectivity index is 2.28. The van der Waals surface area contributed by atoms with Crippen molar-refractivity contribution < 1.29 is 0 Å². The van der Waals surface area contributed by atoms with Crippen LogP contribution in [0, 0.1) is 6.92 Å². The smallest absolute Gasteiger partial charge is 0.0313 e. The topological polar surface area (TPSA) is 24.9 Å². The number of aryl methyl sites for hydroxylation is 1. The van der Waals surface area contributed by atoms with E-state index in [1.165, 1.54) is 22.0 Å². The summed E-state index contributed by atoms with van der Waals surface area (Å²) in [5.74, 6) is 0.